The molecule has 20 heavy (non-hydrogen) atoms. The Hall–Kier alpha value is -1.19. The minimum atomic E-state index is -0.605. The lowest BCUT2D eigenvalue weighted by molar-refractivity contribution is -0.384. The fraction of sp³-hybridized carbons (Fsp3) is 0.0833. The van der Waals surface area contributed by atoms with E-state index in [0.29, 0.717) is 5.69 Å². The number of hydrogen-bond donors (Lipinski definition) is 1. The molecular weight excluding hydrogens is 415 g/mol. The van der Waals surface area contributed by atoms with Gasteiger partial charge in [0.2, 0.25) is 0 Å². The van der Waals surface area contributed by atoms with Gasteiger partial charge in [-0.1, -0.05) is 11.6 Å². The van der Waals surface area contributed by atoms with Crippen LogP contribution < -0.4 is 5.32 Å². The molecule has 1 N–H and O–H groups in total. The summed E-state index contributed by atoms with van der Waals surface area (Å²) in [6.45, 7) is 1.88. The molecule has 1 heterocycles. The third-order valence-electron chi connectivity index (χ3n) is 2.53. The van der Waals surface area contributed by atoms with Gasteiger partial charge in [-0.3, -0.25) is 14.9 Å². The average molecular weight is 423 g/mol. The van der Waals surface area contributed by atoms with Crippen LogP contribution in [0.4, 0.5) is 11.4 Å². The summed E-state index contributed by atoms with van der Waals surface area (Å²) in [6, 6.07) is 6.77. The first-order valence-corrected chi connectivity index (χ1v) is 7.67. The zero-order chi connectivity index (χ0) is 14.9. The first-order valence-electron chi connectivity index (χ1n) is 5.39. The first-order chi connectivity index (χ1) is 9.38. The Bertz CT molecular complexity index is 702. The summed E-state index contributed by atoms with van der Waals surface area (Å²) in [4.78, 5) is 22.4. The van der Waals surface area contributed by atoms with Crippen molar-refractivity contribution in [3.8, 4) is 0 Å². The number of amides is 1. The second-order valence-electron chi connectivity index (χ2n) is 3.94. The summed E-state index contributed by atoms with van der Waals surface area (Å²) in [7, 11) is 0. The van der Waals surface area contributed by atoms with Gasteiger partial charge in [0.25, 0.3) is 11.6 Å². The van der Waals surface area contributed by atoms with Crippen LogP contribution in [0, 0.1) is 20.6 Å². The quantitative estimate of drug-likeness (QED) is 0.450. The normalized spacial score (nSPS) is 10.3. The molecule has 0 radical (unpaired) electrons. The second kappa shape index (κ2) is 6.06. The zero-order valence-corrected chi connectivity index (χ0v) is 13.9. The summed E-state index contributed by atoms with van der Waals surface area (Å²) >= 11 is 8.80. The summed E-state index contributed by atoms with van der Waals surface area (Å²) < 4.78 is 1.06. The fourth-order valence-electron chi connectivity index (χ4n) is 1.55. The highest BCUT2D eigenvalue weighted by atomic mass is 127. The van der Waals surface area contributed by atoms with Gasteiger partial charge in [0.15, 0.2) is 4.34 Å². The number of aryl methyl sites for hydroxylation is 1. The van der Waals surface area contributed by atoms with E-state index in [0.717, 1.165) is 20.5 Å². The fourth-order valence-corrected chi connectivity index (χ4v) is 3.31. The maximum atomic E-state index is 12.1. The molecule has 1 amide bonds. The van der Waals surface area contributed by atoms with Crippen molar-refractivity contribution in [2.75, 3.05) is 5.32 Å². The van der Waals surface area contributed by atoms with Gasteiger partial charge >= 0.3 is 0 Å². The molecule has 0 fully saturated rings. The molecule has 0 saturated carbocycles. The summed E-state index contributed by atoms with van der Waals surface area (Å²) in [5, 5.41) is 13.4. The molecule has 0 bridgehead atoms. The number of halogens is 2. The highest BCUT2D eigenvalue weighted by Gasteiger charge is 2.21. The van der Waals surface area contributed by atoms with E-state index in [2.05, 4.69) is 27.9 Å². The monoisotopic (exact) mass is 422 g/mol. The number of nitrogens with zero attached hydrogens (tertiary/aromatic N) is 1. The Kier molecular flexibility index (Phi) is 4.61. The van der Waals surface area contributed by atoms with Gasteiger partial charge in [0.1, 0.15) is 4.88 Å². The van der Waals surface area contributed by atoms with E-state index in [1.54, 1.807) is 6.07 Å². The van der Waals surface area contributed by atoms with E-state index in [4.69, 9.17) is 11.6 Å². The second-order valence-corrected chi connectivity index (χ2v) is 6.84. The van der Waals surface area contributed by atoms with Crippen LogP contribution >= 0.6 is 45.5 Å². The third kappa shape index (κ3) is 3.28. The van der Waals surface area contributed by atoms with E-state index in [9.17, 15) is 14.9 Å². The zero-order valence-electron chi connectivity index (χ0n) is 10.1. The highest BCUT2D eigenvalue weighted by Crippen LogP contribution is 2.34. The minimum Gasteiger partial charge on any atom is -0.321 e. The molecule has 5 nitrogen and oxygen atoms in total. The van der Waals surface area contributed by atoms with Crippen molar-refractivity contribution in [1.82, 2.24) is 0 Å². The Morgan fingerprint density at radius 1 is 1.45 bits per heavy atom. The molecule has 104 valence electrons. The largest absolute Gasteiger partial charge is 0.321 e. The lowest BCUT2D eigenvalue weighted by Crippen LogP contribution is -2.11. The van der Waals surface area contributed by atoms with Crippen molar-refractivity contribution in [1.29, 1.82) is 0 Å². The molecule has 2 rings (SSSR count). The topological polar surface area (TPSA) is 72.2 Å². The van der Waals surface area contributed by atoms with Crippen LogP contribution in [-0.4, -0.2) is 10.8 Å². The van der Waals surface area contributed by atoms with Gasteiger partial charge in [-0.15, -0.1) is 11.3 Å². The van der Waals surface area contributed by atoms with Crippen LogP contribution in [0.25, 0.3) is 0 Å². The van der Waals surface area contributed by atoms with Crippen molar-refractivity contribution < 1.29 is 9.72 Å². The van der Waals surface area contributed by atoms with Crippen LogP contribution in [0.15, 0.2) is 24.3 Å². The van der Waals surface area contributed by atoms with Crippen LogP contribution in [-0.2, 0) is 0 Å². The molecule has 0 aliphatic rings. The number of benzene rings is 1. The standard InChI is InChI=1S/C12H8ClIN2O3S/c1-6-4-7(14)2-3-8(6)15-12(17)10-5-9(16(18)19)11(13)20-10/h2-5H,1H3,(H,15,17). The van der Waals surface area contributed by atoms with Crippen molar-refractivity contribution in [3.63, 3.8) is 0 Å². The number of nitrogens with one attached hydrogen (secondary N) is 1. The van der Waals surface area contributed by atoms with Gasteiger partial charge < -0.3 is 5.32 Å². The van der Waals surface area contributed by atoms with Crippen molar-refractivity contribution >= 4 is 62.8 Å². The van der Waals surface area contributed by atoms with Crippen LogP contribution in [0.1, 0.15) is 15.2 Å². The average Bonchev–Trinajstić information content (AvgIpc) is 2.75. The number of carbonyl (C=O) groups is 1. The summed E-state index contributed by atoms with van der Waals surface area (Å²) in [5.74, 6) is -0.408. The maximum absolute atomic E-state index is 12.1. The lowest BCUT2D eigenvalue weighted by atomic mass is 10.2. The SMILES string of the molecule is Cc1cc(I)ccc1NC(=O)c1cc([N+](=O)[O-])c(Cl)s1. The Balaban J connectivity index is 2.24. The van der Waals surface area contributed by atoms with Crippen LogP contribution in [0.3, 0.4) is 0 Å². The van der Waals surface area contributed by atoms with Crippen LogP contribution in [0.5, 0.6) is 0 Å². The van der Waals surface area contributed by atoms with Gasteiger partial charge in [-0.2, -0.15) is 0 Å². The molecule has 0 saturated heterocycles. The van der Waals surface area contributed by atoms with Gasteiger partial charge in [-0.05, 0) is 53.3 Å². The summed E-state index contributed by atoms with van der Waals surface area (Å²) in [6.07, 6.45) is 0. The van der Waals surface area contributed by atoms with E-state index < -0.39 is 10.8 Å². The smallest absolute Gasteiger partial charge is 0.299 e. The van der Waals surface area contributed by atoms with E-state index in [-0.39, 0.29) is 14.9 Å². The maximum Gasteiger partial charge on any atom is 0.299 e. The Morgan fingerprint density at radius 3 is 2.70 bits per heavy atom. The van der Waals surface area contributed by atoms with E-state index in [1.807, 2.05) is 19.1 Å². The predicted molar refractivity (Wildman–Crippen MR) is 87.8 cm³/mol. The molecule has 1 aromatic heterocycles. The molecule has 0 atom stereocenters. The van der Waals surface area contributed by atoms with Crippen molar-refractivity contribution in [3.05, 3.63) is 52.7 Å². The lowest BCUT2D eigenvalue weighted by Gasteiger charge is -2.07. The van der Waals surface area contributed by atoms with E-state index >= 15 is 0 Å². The number of carbonyl (C=O) groups excluding carboxylic acids is 1. The molecule has 1 aromatic carbocycles. The van der Waals surface area contributed by atoms with Crippen molar-refractivity contribution in [2.24, 2.45) is 0 Å². The number of nitro groups is 1. The van der Waals surface area contributed by atoms with E-state index in [1.165, 1.54) is 6.07 Å². The van der Waals surface area contributed by atoms with Crippen LogP contribution in [0.2, 0.25) is 4.34 Å². The third-order valence-corrected chi connectivity index (χ3v) is 4.53. The molecule has 0 spiro atoms. The number of hydrogen-bond acceptors (Lipinski definition) is 4. The number of rotatable bonds is 3. The van der Waals surface area contributed by atoms with Crippen molar-refractivity contribution in [2.45, 2.75) is 6.92 Å². The highest BCUT2D eigenvalue weighted by molar-refractivity contribution is 14.1. The molecule has 8 heteroatoms. The molecular formula is C12H8ClIN2O3S. The summed E-state index contributed by atoms with van der Waals surface area (Å²) in [5.41, 5.74) is 1.34. The molecule has 0 aliphatic heterocycles. The minimum absolute atomic E-state index is 0.000480. The first kappa shape index (κ1) is 15.2. The van der Waals surface area contributed by atoms with Gasteiger partial charge in [0.05, 0.1) is 4.92 Å². The molecule has 0 aliphatic carbocycles. The number of anilines is 1. The predicted octanol–water partition coefficient (Wildman–Crippen LogP) is 4.48. The Labute approximate surface area is 137 Å². The molecule has 2 aromatic rings. The number of thiophene rings is 1. The Morgan fingerprint density at radius 2 is 2.15 bits per heavy atom. The molecule has 0 unspecified atom stereocenters. The van der Waals surface area contributed by atoms with Gasteiger partial charge in [-0.25, -0.2) is 0 Å². The van der Waals surface area contributed by atoms with Gasteiger partial charge in [0, 0.05) is 15.3 Å².